The van der Waals surface area contributed by atoms with Crippen LogP contribution in [0.4, 0.5) is 17.1 Å². The van der Waals surface area contributed by atoms with Crippen LogP contribution in [0, 0.1) is 0 Å². The molecule has 0 saturated carbocycles. The number of nitrogens with zero attached hydrogens (tertiary/aromatic N) is 1. The van der Waals surface area contributed by atoms with E-state index in [1.54, 1.807) is 0 Å². The monoisotopic (exact) mass is 839 g/mol. The van der Waals surface area contributed by atoms with E-state index < -0.39 is 5.41 Å². The molecule has 11 aromatic carbocycles. The molecule has 66 heavy (non-hydrogen) atoms. The number of fused-ring (bicyclic) bond motifs is 4. The van der Waals surface area contributed by atoms with Gasteiger partial charge in [0.15, 0.2) is 0 Å². The van der Waals surface area contributed by atoms with Crippen molar-refractivity contribution in [1.29, 1.82) is 0 Å². The fraction of sp³-hybridized carbons (Fsp3) is 0.0154. The Morgan fingerprint density at radius 3 is 1.23 bits per heavy atom. The van der Waals surface area contributed by atoms with E-state index in [0.717, 1.165) is 17.1 Å². The maximum atomic E-state index is 2.45. The third kappa shape index (κ3) is 6.81. The molecule has 0 saturated heterocycles. The zero-order valence-corrected chi connectivity index (χ0v) is 36.4. The van der Waals surface area contributed by atoms with Crippen LogP contribution in [0.15, 0.2) is 273 Å². The van der Waals surface area contributed by atoms with Gasteiger partial charge in [0, 0.05) is 17.1 Å². The predicted molar refractivity (Wildman–Crippen MR) is 278 cm³/mol. The molecule has 0 spiro atoms. The fourth-order valence-electron chi connectivity index (χ4n) is 10.4. The minimum Gasteiger partial charge on any atom is -0.310 e. The lowest BCUT2D eigenvalue weighted by Gasteiger charge is -2.35. The Labute approximate surface area is 387 Å². The van der Waals surface area contributed by atoms with Gasteiger partial charge in [-0.1, -0.05) is 218 Å². The van der Waals surface area contributed by atoms with Gasteiger partial charge in [0.1, 0.15) is 0 Å². The summed E-state index contributed by atoms with van der Waals surface area (Å²) >= 11 is 0. The third-order valence-electron chi connectivity index (χ3n) is 13.5. The molecule has 12 rings (SSSR count). The molecule has 0 atom stereocenters. The largest absolute Gasteiger partial charge is 0.310 e. The van der Waals surface area contributed by atoms with Gasteiger partial charge in [-0.2, -0.15) is 0 Å². The molecule has 1 aliphatic carbocycles. The summed E-state index contributed by atoms with van der Waals surface area (Å²) in [5.74, 6) is 0. The number of anilines is 3. The molecule has 0 fully saturated rings. The Morgan fingerprint density at radius 2 is 0.636 bits per heavy atom. The number of hydrogen-bond donors (Lipinski definition) is 0. The van der Waals surface area contributed by atoms with Crippen molar-refractivity contribution >= 4 is 27.8 Å². The minimum absolute atomic E-state index is 0.510. The number of benzene rings is 11. The van der Waals surface area contributed by atoms with E-state index in [0.29, 0.717) is 0 Å². The van der Waals surface area contributed by atoms with Gasteiger partial charge in [0.2, 0.25) is 0 Å². The van der Waals surface area contributed by atoms with Gasteiger partial charge in [-0.05, 0) is 143 Å². The van der Waals surface area contributed by atoms with Crippen molar-refractivity contribution in [3.8, 4) is 55.6 Å². The van der Waals surface area contributed by atoms with Gasteiger partial charge in [0.05, 0.1) is 5.41 Å². The summed E-state index contributed by atoms with van der Waals surface area (Å²) in [6.07, 6.45) is 0. The number of hydrogen-bond acceptors (Lipinski definition) is 1. The maximum absolute atomic E-state index is 2.45. The summed E-state index contributed by atoms with van der Waals surface area (Å²) in [5, 5.41) is 2.50. The zero-order valence-electron chi connectivity index (χ0n) is 36.4. The third-order valence-corrected chi connectivity index (χ3v) is 13.5. The maximum Gasteiger partial charge on any atom is 0.0714 e. The van der Waals surface area contributed by atoms with Crippen molar-refractivity contribution in [3.05, 3.63) is 295 Å². The molecule has 11 aromatic rings. The zero-order chi connectivity index (χ0) is 43.9. The van der Waals surface area contributed by atoms with E-state index in [-0.39, 0.29) is 0 Å². The van der Waals surface area contributed by atoms with Crippen molar-refractivity contribution in [2.24, 2.45) is 0 Å². The first kappa shape index (κ1) is 39.1. The summed E-state index contributed by atoms with van der Waals surface area (Å²) in [4.78, 5) is 2.42. The van der Waals surface area contributed by atoms with E-state index in [9.17, 15) is 0 Å². The van der Waals surface area contributed by atoms with Crippen LogP contribution < -0.4 is 4.90 Å². The highest BCUT2D eigenvalue weighted by atomic mass is 15.1. The normalized spacial score (nSPS) is 12.4. The highest BCUT2D eigenvalue weighted by molar-refractivity contribution is 5.91. The van der Waals surface area contributed by atoms with Crippen molar-refractivity contribution < 1.29 is 0 Å². The summed E-state index contributed by atoms with van der Waals surface area (Å²) in [7, 11) is 0. The summed E-state index contributed by atoms with van der Waals surface area (Å²) < 4.78 is 0. The molecule has 1 heteroatoms. The first-order valence-corrected chi connectivity index (χ1v) is 22.8. The molecule has 0 N–H and O–H groups in total. The van der Waals surface area contributed by atoms with Gasteiger partial charge in [-0.25, -0.2) is 0 Å². The van der Waals surface area contributed by atoms with Gasteiger partial charge >= 0.3 is 0 Å². The second-order valence-corrected chi connectivity index (χ2v) is 17.3. The Hall–Kier alpha value is -8.52. The lowest BCUT2D eigenvalue weighted by molar-refractivity contribution is 0.768. The molecule has 0 heterocycles. The SMILES string of the molecule is c1ccc(-c2cccc(-c3ccc(N(c4ccc(-c5cccc(-c6ccc7ccccc7c6)c5)cc4)c4ccc5c(c4)C(c4ccccc4)(c4ccccc4)c4ccccc4-5)cc3)c2)cc1. The molecule has 310 valence electrons. The van der Waals surface area contributed by atoms with Crippen LogP contribution in [0.2, 0.25) is 0 Å². The van der Waals surface area contributed by atoms with Crippen LogP contribution >= 0.6 is 0 Å². The Bertz CT molecular complexity index is 3460. The van der Waals surface area contributed by atoms with Crippen molar-refractivity contribution in [3.63, 3.8) is 0 Å². The predicted octanol–water partition coefficient (Wildman–Crippen LogP) is 17.3. The van der Waals surface area contributed by atoms with Crippen LogP contribution in [0.25, 0.3) is 66.4 Å². The van der Waals surface area contributed by atoms with Crippen LogP contribution in [0.5, 0.6) is 0 Å². The molecule has 0 bridgehead atoms. The van der Waals surface area contributed by atoms with E-state index in [4.69, 9.17) is 0 Å². The molecule has 0 aliphatic heterocycles. The average molecular weight is 840 g/mol. The summed E-state index contributed by atoms with van der Waals surface area (Å²) in [6.45, 7) is 0. The lowest BCUT2D eigenvalue weighted by atomic mass is 9.67. The van der Waals surface area contributed by atoms with E-state index in [1.165, 1.54) is 88.7 Å². The van der Waals surface area contributed by atoms with E-state index in [1.807, 2.05) is 0 Å². The van der Waals surface area contributed by atoms with Crippen LogP contribution in [0.3, 0.4) is 0 Å². The van der Waals surface area contributed by atoms with E-state index in [2.05, 4.69) is 278 Å². The van der Waals surface area contributed by atoms with Gasteiger partial charge < -0.3 is 4.90 Å². The second kappa shape index (κ2) is 16.6. The molecule has 0 aromatic heterocycles. The number of rotatable bonds is 9. The van der Waals surface area contributed by atoms with Crippen molar-refractivity contribution in [1.82, 2.24) is 0 Å². The molecule has 1 nitrogen and oxygen atoms in total. The first-order chi connectivity index (χ1) is 32.7. The highest BCUT2D eigenvalue weighted by Gasteiger charge is 2.46. The highest BCUT2D eigenvalue weighted by Crippen LogP contribution is 2.57. The lowest BCUT2D eigenvalue weighted by Crippen LogP contribution is -2.28. The molecule has 0 unspecified atom stereocenters. The Morgan fingerprint density at radius 1 is 0.227 bits per heavy atom. The quantitative estimate of drug-likeness (QED) is 0.140. The summed E-state index contributed by atoms with van der Waals surface area (Å²) in [5.41, 5.74) is 20.0. The van der Waals surface area contributed by atoms with Gasteiger partial charge in [-0.15, -0.1) is 0 Å². The van der Waals surface area contributed by atoms with Gasteiger partial charge in [-0.3, -0.25) is 0 Å². The molecule has 0 amide bonds. The van der Waals surface area contributed by atoms with Crippen LogP contribution in [-0.2, 0) is 5.41 Å². The summed E-state index contributed by atoms with van der Waals surface area (Å²) in [6, 6.07) is 100. The van der Waals surface area contributed by atoms with Crippen LogP contribution in [-0.4, -0.2) is 0 Å². The smallest absolute Gasteiger partial charge is 0.0714 e. The molecular formula is C65H45N. The standard InChI is InChI=1S/C65H45N/c1-4-16-46(17-5-1)51-20-14-21-52(42-51)48-32-36-58(37-33-48)66(59-38-34-49(35-39-59)53-22-15-23-54(43-53)55-31-30-47-18-10-11-19-50(47)44-55)60-40-41-62-61-28-12-13-29-63(61)65(64(62)45-60,56-24-6-2-7-25-56)57-26-8-3-9-27-57/h1-45H. The van der Waals surface area contributed by atoms with Crippen LogP contribution in [0.1, 0.15) is 22.3 Å². The molecule has 1 aliphatic rings. The Kier molecular flexibility index (Phi) is 9.81. The topological polar surface area (TPSA) is 3.24 Å². The minimum atomic E-state index is -0.510. The Balaban J connectivity index is 0.988. The molecule has 0 radical (unpaired) electrons. The fourth-order valence-corrected chi connectivity index (χ4v) is 10.4. The van der Waals surface area contributed by atoms with Gasteiger partial charge in [0.25, 0.3) is 0 Å². The van der Waals surface area contributed by atoms with Crippen molar-refractivity contribution in [2.75, 3.05) is 4.90 Å². The van der Waals surface area contributed by atoms with E-state index >= 15 is 0 Å². The molecular weight excluding hydrogens is 795 g/mol. The average Bonchev–Trinajstić information content (AvgIpc) is 3.70. The first-order valence-electron chi connectivity index (χ1n) is 22.8. The second-order valence-electron chi connectivity index (χ2n) is 17.3. The van der Waals surface area contributed by atoms with Crippen molar-refractivity contribution in [2.45, 2.75) is 5.41 Å².